The molecule has 3 aliphatic rings. The Morgan fingerprint density at radius 3 is 3.00 bits per heavy atom. The van der Waals surface area contributed by atoms with Gasteiger partial charge < -0.3 is 15.1 Å². The van der Waals surface area contributed by atoms with Crippen LogP contribution in [0.5, 0.6) is 0 Å². The Bertz CT molecular complexity index is 666. The highest BCUT2D eigenvalue weighted by atomic mass is 32.2. The Morgan fingerprint density at radius 2 is 2.23 bits per heavy atom. The first-order valence-corrected chi connectivity index (χ1v) is 9.06. The van der Waals surface area contributed by atoms with Crippen LogP contribution in [0.2, 0.25) is 0 Å². The van der Waals surface area contributed by atoms with Gasteiger partial charge >= 0.3 is 0 Å². The van der Waals surface area contributed by atoms with Gasteiger partial charge in [0.15, 0.2) is 0 Å². The first-order chi connectivity index (χ1) is 10.5. The minimum Gasteiger partial charge on any atom is -0.334 e. The van der Waals surface area contributed by atoms with E-state index in [9.17, 15) is 13.2 Å². The molecule has 0 bridgehead atoms. The lowest BCUT2D eigenvalue weighted by Crippen LogP contribution is -2.43. The van der Waals surface area contributed by atoms with Gasteiger partial charge in [-0.1, -0.05) is 0 Å². The summed E-state index contributed by atoms with van der Waals surface area (Å²) in [5.41, 5.74) is 0.584. The van der Waals surface area contributed by atoms with Crippen LogP contribution in [0.15, 0.2) is 28.3 Å². The van der Waals surface area contributed by atoms with Gasteiger partial charge in [0, 0.05) is 31.9 Å². The largest absolute Gasteiger partial charge is 0.334 e. The Kier molecular flexibility index (Phi) is 4.05. The summed E-state index contributed by atoms with van der Waals surface area (Å²) in [7, 11) is -1.47. The lowest BCUT2D eigenvalue weighted by molar-refractivity contribution is -0.127. The number of carbonyl (C=O) groups excluding carboxylic acids is 1. The molecular weight excluding hydrogens is 304 g/mol. The molecule has 120 valence electrons. The summed E-state index contributed by atoms with van der Waals surface area (Å²) < 4.78 is 26.7. The van der Waals surface area contributed by atoms with Gasteiger partial charge in [-0.25, -0.2) is 8.42 Å². The average Bonchev–Trinajstić information content (AvgIpc) is 2.94. The fourth-order valence-electron chi connectivity index (χ4n) is 3.04. The number of nitrogens with zero attached hydrogens (tertiary/aromatic N) is 3. The number of sulfonamides is 1. The van der Waals surface area contributed by atoms with Crippen molar-refractivity contribution in [1.29, 1.82) is 0 Å². The van der Waals surface area contributed by atoms with E-state index in [0.717, 1.165) is 25.9 Å². The lowest BCUT2D eigenvalue weighted by Gasteiger charge is -2.30. The van der Waals surface area contributed by atoms with Gasteiger partial charge in [-0.3, -0.25) is 4.79 Å². The van der Waals surface area contributed by atoms with Gasteiger partial charge in [-0.05, 0) is 32.0 Å². The van der Waals surface area contributed by atoms with E-state index in [1.807, 2.05) is 11.9 Å². The Morgan fingerprint density at radius 1 is 1.41 bits per heavy atom. The van der Waals surface area contributed by atoms with Gasteiger partial charge in [0.2, 0.25) is 0 Å². The molecule has 1 saturated heterocycles. The number of fused-ring (bicyclic) bond motifs is 1. The molecule has 1 amide bonds. The van der Waals surface area contributed by atoms with Crippen LogP contribution in [0.25, 0.3) is 0 Å². The molecule has 0 saturated carbocycles. The maximum absolute atomic E-state index is 12.7. The molecule has 0 radical (unpaired) electrons. The van der Waals surface area contributed by atoms with Crippen molar-refractivity contribution >= 4 is 21.8 Å². The summed E-state index contributed by atoms with van der Waals surface area (Å²) >= 11 is 0. The number of nitrogens with one attached hydrogen (secondary N) is 1. The van der Waals surface area contributed by atoms with E-state index in [2.05, 4.69) is 9.71 Å². The molecule has 22 heavy (non-hydrogen) atoms. The Hall–Kier alpha value is -1.67. The SMILES string of the molecule is CNCC1CCCN1C(=O)C1=CN2CCS(=O)(=O)N=C2C=C1. The summed E-state index contributed by atoms with van der Waals surface area (Å²) in [6.07, 6.45) is 7.01. The van der Waals surface area contributed by atoms with Crippen LogP contribution in [0.4, 0.5) is 0 Å². The molecule has 3 rings (SSSR count). The third-order valence-electron chi connectivity index (χ3n) is 4.15. The first-order valence-electron chi connectivity index (χ1n) is 7.45. The zero-order valence-corrected chi connectivity index (χ0v) is 13.3. The third-order valence-corrected chi connectivity index (χ3v) is 5.31. The minimum absolute atomic E-state index is 0.00137. The summed E-state index contributed by atoms with van der Waals surface area (Å²) in [5, 5.41) is 3.12. The maximum atomic E-state index is 12.7. The second-order valence-corrected chi connectivity index (χ2v) is 7.45. The quantitative estimate of drug-likeness (QED) is 0.770. The molecule has 0 aliphatic carbocycles. The number of hydrogen-bond donors (Lipinski definition) is 1. The van der Waals surface area contributed by atoms with Crippen molar-refractivity contribution in [1.82, 2.24) is 15.1 Å². The summed E-state index contributed by atoms with van der Waals surface area (Å²) in [4.78, 5) is 16.3. The molecule has 0 aromatic rings. The highest BCUT2D eigenvalue weighted by Crippen LogP contribution is 2.22. The standard InChI is InChI=1S/C14H20N4O3S/c1-15-9-12-3-2-6-18(12)14(19)11-4-5-13-16-22(20,21)8-7-17(13)10-11/h4-5,10,12,15H,2-3,6-9H2,1H3. The van der Waals surface area contributed by atoms with E-state index >= 15 is 0 Å². The van der Waals surface area contributed by atoms with Crippen LogP contribution in [0, 0.1) is 0 Å². The number of rotatable bonds is 3. The number of amidine groups is 1. The monoisotopic (exact) mass is 324 g/mol. The van der Waals surface area contributed by atoms with Crippen molar-refractivity contribution in [2.24, 2.45) is 4.40 Å². The number of amides is 1. The van der Waals surface area contributed by atoms with E-state index in [4.69, 9.17) is 0 Å². The molecule has 1 fully saturated rings. The topological polar surface area (TPSA) is 82.1 Å². The number of likely N-dealkylation sites (N-methyl/N-ethyl adjacent to an activating group) is 1. The molecule has 3 aliphatic heterocycles. The van der Waals surface area contributed by atoms with Crippen LogP contribution in [-0.4, -0.2) is 68.4 Å². The second-order valence-electron chi connectivity index (χ2n) is 5.70. The second kappa shape index (κ2) is 5.85. The van der Waals surface area contributed by atoms with E-state index in [1.54, 1.807) is 23.3 Å². The minimum atomic E-state index is -3.36. The summed E-state index contributed by atoms with van der Waals surface area (Å²) in [5.74, 6) is 0.367. The van der Waals surface area contributed by atoms with Gasteiger partial charge in [0.25, 0.3) is 15.9 Å². The van der Waals surface area contributed by atoms with Gasteiger partial charge in [-0.2, -0.15) is 0 Å². The van der Waals surface area contributed by atoms with E-state index in [0.29, 0.717) is 18.0 Å². The molecule has 7 nitrogen and oxygen atoms in total. The summed E-state index contributed by atoms with van der Waals surface area (Å²) in [6.45, 7) is 1.89. The molecule has 8 heteroatoms. The molecule has 1 unspecified atom stereocenters. The van der Waals surface area contributed by atoms with Crippen molar-refractivity contribution < 1.29 is 13.2 Å². The smallest absolute Gasteiger partial charge is 0.256 e. The van der Waals surface area contributed by atoms with E-state index in [-0.39, 0.29) is 17.7 Å². The molecule has 0 aromatic carbocycles. The van der Waals surface area contributed by atoms with Crippen LogP contribution < -0.4 is 5.32 Å². The molecule has 1 N–H and O–H groups in total. The van der Waals surface area contributed by atoms with Crippen LogP contribution in [-0.2, 0) is 14.8 Å². The van der Waals surface area contributed by atoms with Crippen molar-refractivity contribution in [3.8, 4) is 0 Å². The highest BCUT2D eigenvalue weighted by molar-refractivity contribution is 7.90. The zero-order chi connectivity index (χ0) is 15.7. The molecular formula is C14H20N4O3S. The van der Waals surface area contributed by atoms with Gasteiger partial charge in [0.05, 0.1) is 11.3 Å². The van der Waals surface area contributed by atoms with Crippen molar-refractivity contribution in [2.45, 2.75) is 18.9 Å². The number of likely N-dealkylation sites (tertiary alicyclic amines) is 1. The molecule has 0 spiro atoms. The Labute approximate surface area is 130 Å². The van der Waals surface area contributed by atoms with Crippen LogP contribution in [0.3, 0.4) is 0 Å². The predicted molar refractivity (Wildman–Crippen MR) is 83.8 cm³/mol. The molecule has 3 heterocycles. The van der Waals surface area contributed by atoms with Crippen LogP contribution in [0.1, 0.15) is 12.8 Å². The van der Waals surface area contributed by atoms with Gasteiger partial charge in [0.1, 0.15) is 5.84 Å². The summed E-state index contributed by atoms with van der Waals surface area (Å²) in [6, 6.07) is 0.226. The van der Waals surface area contributed by atoms with Crippen molar-refractivity contribution in [2.75, 3.05) is 32.4 Å². The molecule has 1 atom stereocenters. The van der Waals surface area contributed by atoms with Crippen molar-refractivity contribution in [3.63, 3.8) is 0 Å². The fraction of sp³-hybridized carbons (Fsp3) is 0.571. The number of carbonyl (C=O) groups is 1. The van der Waals surface area contributed by atoms with Crippen molar-refractivity contribution in [3.05, 3.63) is 23.9 Å². The number of hydrogen-bond acceptors (Lipinski definition) is 5. The normalized spacial score (nSPS) is 26.5. The lowest BCUT2D eigenvalue weighted by atomic mass is 10.1. The van der Waals surface area contributed by atoms with E-state index in [1.165, 1.54) is 0 Å². The highest BCUT2D eigenvalue weighted by Gasteiger charge is 2.31. The average molecular weight is 324 g/mol. The van der Waals surface area contributed by atoms with Gasteiger partial charge in [-0.15, -0.1) is 4.40 Å². The zero-order valence-electron chi connectivity index (χ0n) is 12.5. The first kappa shape index (κ1) is 15.2. The van der Waals surface area contributed by atoms with Crippen LogP contribution >= 0.6 is 0 Å². The fourth-order valence-corrected chi connectivity index (χ4v) is 4.01. The predicted octanol–water partition coefficient (Wildman–Crippen LogP) is -0.306. The maximum Gasteiger partial charge on any atom is 0.256 e. The van der Waals surface area contributed by atoms with E-state index < -0.39 is 10.0 Å². The Balaban J connectivity index is 1.78. The molecule has 0 aromatic heterocycles. The third kappa shape index (κ3) is 2.93.